The molecule has 0 unspecified atom stereocenters. The highest BCUT2D eigenvalue weighted by Crippen LogP contribution is 2.23. The van der Waals surface area contributed by atoms with Gasteiger partial charge in [0, 0.05) is 23.3 Å². The van der Waals surface area contributed by atoms with Crippen molar-refractivity contribution in [1.29, 1.82) is 0 Å². The maximum Gasteiger partial charge on any atom is 0.232 e. The van der Waals surface area contributed by atoms with Crippen LogP contribution in [0.2, 0.25) is 5.02 Å². The van der Waals surface area contributed by atoms with Gasteiger partial charge < -0.3 is 10.1 Å². The van der Waals surface area contributed by atoms with Crippen molar-refractivity contribution in [3.05, 3.63) is 57.2 Å². The topological polar surface area (TPSA) is 34.2 Å². The molecule has 0 saturated heterocycles. The normalized spacial score (nSPS) is 10.9. The molecule has 1 N–H and O–H groups in total. The number of hydrogen-bond acceptors (Lipinski definition) is 3. The molecule has 0 atom stereocenters. The molecule has 0 fully saturated rings. The standard InChI is InChI=1S/C16H18BrClN2O/c1-11(2)19-8-13-7-15(18)16(20-9-13)21-10-12-4-3-5-14(17)6-12/h3-7,9,11,19H,8,10H2,1-2H3. The summed E-state index contributed by atoms with van der Waals surface area (Å²) in [6.45, 7) is 5.39. The molecule has 0 spiro atoms. The average molecular weight is 370 g/mol. The lowest BCUT2D eigenvalue weighted by Gasteiger charge is -2.10. The van der Waals surface area contributed by atoms with Gasteiger partial charge in [-0.05, 0) is 29.3 Å². The fourth-order valence-electron chi connectivity index (χ4n) is 1.77. The maximum absolute atomic E-state index is 6.22. The number of rotatable bonds is 6. The molecule has 0 aliphatic rings. The third-order valence-electron chi connectivity index (χ3n) is 2.84. The Bertz CT molecular complexity index is 605. The summed E-state index contributed by atoms with van der Waals surface area (Å²) in [5, 5.41) is 3.86. The van der Waals surface area contributed by atoms with E-state index in [0.717, 1.165) is 22.1 Å². The lowest BCUT2D eigenvalue weighted by molar-refractivity contribution is 0.294. The smallest absolute Gasteiger partial charge is 0.232 e. The fraction of sp³-hybridized carbons (Fsp3) is 0.312. The number of pyridine rings is 1. The zero-order valence-corrected chi connectivity index (χ0v) is 14.4. The van der Waals surface area contributed by atoms with E-state index in [0.29, 0.717) is 23.6 Å². The number of ether oxygens (including phenoxy) is 1. The molecule has 0 bridgehead atoms. The van der Waals surface area contributed by atoms with Gasteiger partial charge in [0.15, 0.2) is 0 Å². The van der Waals surface area contributed by atoms with Crippen LogP contribution in [0.25, 0.3) is 0 Å². The minimum atomic E-state index is 0.427. The average Bonchev–Trinajstić information content (AvgIpc) is 2.44. The summed E-state index contributed by atoms with van der Waals surface area (Å²) in [5.74, 6) is 0.463. The van der Waals surface area contributed by atoms with Crippen LogP contribution in [0.3, 0.4) is 0 Å². The lowest BCUT2D eigenvalue weighted by Crippen LogP contribution is -2.21. The number of aromatic nitrogens is 1. The van der Waals surface area contributed by atoms with Gasteiger partial charge in [0.25, 0.3) is 0 Å². The zero-order valence-electron chi connectivity index (χ0n) is 12.1. The van der Waals surface area contributed by atoms with Gasteiger partial charge >= 0.3 is 0 Å². The van der Waals surface area contributed by atoms with Gasteiger partial charge in [0.1, 0.15) is 11.6 Å². The second kappa shape index (κ2) is 7.78. The molecule has 21 heavy (non-hydrogen) atoms. The molecule has 2 aromatic rings. The van der Waals surface area contributed by atoms with E-state index in [-0.39, 0.29) is 0 Å². The number of halogens is 2. The van der Waals surface area contributed by atoms with Crippen LogP contribution in [-0.2, 0) is 13.2 Å². The summed E-state index contributed by atoms with van der Waals surface area (Å²) in [7, 11) is 0. The first-order valence-corrected chi connectivity index (χ1v) is 7.96. The molecule has 2 rings (SSSR count). The predicted octanol–water partition coefficient (Wildman–Crippen LogP) is 4.57. The van der Waals surface area contributed by atoms with Gasteiger partial charge in [-0.2, -0.15) is 0 Å². The Morgan fingerprint density at radius 2 is 2.10 bits per heavy atom. The Hall–Kier alpha value is -1.10. The monoisotopic (exact) mass is 368 g/mol. The van der Waals surface area contributed by atoms with Gasteiger partial charge in [0.2, 0.25) is 5.88 Å². The second-order valence-electron chi connectivity index (χ2n) is 5.08. The summed E-state index contributed by atoms with van der Waals surface area (Å²) in [6, 6.07) is 10.3. The largest absolute Gasteiger partial charge is 0.472 e. The molecule has 0 saturated carbocycles. The maximum atomic E-state index is 6.22. The van der Waals surface area contributed by atoms with Gasteiger partial charge in [-0.1, -0.05) is 53.5 Å². The van der Waals surface area contributed by atoms with Crippen molar-refractivity contribution in [3.8, 4) is 5.88 Å². The Balaban J connectivity index is 1.97. The lowest BCUT2D eigenvalue weighted by atomic mass is 10.2. The number of benzene rings is 1. The van der Waals surface area contributed by atoms with E-state index in [9.17, 15) is 0 Å². The number of nitrogens with zero attached hydrogens (tertiary/aromatic N) is 1. The number of nitrogens with one attached hydrogen (secondary N) is 1. The van der Waals surface area contributed by atoms with Crippen LogP contribution in [0, 0.1) is 0 Å². The highest BCUT2D eigenvalue weighted by atomic mass is 79.9. The second-order valence-corrected chi connectivity index (χ2v) is 6.41. The van der Waals surface area contributed by atoms with E-state index in [4.69, 9.17) is 16.3 Å². The minimum Gasteiger partial charge on any atom is -0.472 e. The highest BCUT2D eigenvalue weighted by molar-refractivity contribution is 9.10. The molecule has 3 nitrogen and oxygen atoms in total. The van der Waals surface area contributed by atoms with Crippen molar-refractivity contribution in [3.63, 3.8) is 0 Å². The van der Waals surface area contributed by atoms with Crippen LogP contribution in [-0.4, -0.2) is 11.0 Å². The molecule has 5 heteroatoms. The van der Waals surface area contributed by atoms with Gasteiger partial charge in [-0.25, -0.2) is 4.98 Å². The van der Waals surface area contributed by atoms with Crippen molar-refractivity contribution in [2.75, 3.05) is 0 Å². The summed E-state index contributed by atoms with van der Waals surface area (Å²) in [6.07, 6.45) is 1.79. The molecule has 112 valence electrons. The molecule has 1 aromatic heterocycles. The van der Waals surface area contributed by atoms with Crippen LogP contribution in [0.4, 0.5) is 0 Å². The van der Waals surface area contributed by atoms with Crippen LogP contribution >= 0.6 is 27.5 Å². The summed E-state index contributed by atoms with van der Waals surface area (Å²) < 4.78 is 6.70. The molecule has 0 amide bonds. The van der Waals surface area contributed by atoms with Gasteiger partial charge in [0.05, 0.1) is 0 Å². The Morgan fingerprint density at radius 1 is 1.29 bits per heavy atom. The summed E-state index contributed by atoms with van der Waals surface area (Å²) in [5.41, 5.74) is 2.11. The predicted molar refractivity (Wildman–Crippen MR) is 89.7 cm³/mol. The van der Waals surface area contributed by atoms with Gasteiger partial charge in [-0.15, -0.1) is 0 Å². The van der Waals surface area contributed by atoms with Crippen LogP contribution < -0.4 is 10.1 Å². The van der Waals surface area contributed by atoms with E-state index < -0.39 is 0 Å². The van der Waals surface area contributed by atoms with Crippen molar-refractivity contribution in [2.45, 2.75) is 33.0 Å². The first kappa shape index (κ1) is 16.3. The SMILES string of the molecule is CC(C)NCc1cnc(OCc2cccc(Br)c2)c(Cl)c1. The zero-order chi connectivity index (χ0) is 15.2. The van der Waals surface area contributed by atoms with Crippen LogP contribution in [0.1, 0.15) is 25.0 Å². The van der Waals surface area contributed by atoms with Gasteiger partial charge in [-0.3, -0.25) is 0 Å². The third kappa shape index (κ3) is 5.30. The molecule has 1 aromatic carbocycles. The molecular weight excluding hydrogens is 352 g/mol. The van der Waals surface area contributed by atoms with E-state index in [1.807, 2.05) is 30.3 Å². The van der Waals surface area contributed by atoms with Crippen molar-refractivity contribution < 1.29 is 4.74 Å². The first-order chi connectivity index (χ1) is 10.0. The summed E-state index contributed by atoms with van der Waals surface area (Å²) >= 11 is 9.65. The molecule has 0 radical (unpaired) electrons. The molecule has 0 aliphatic carbocycles. The van der Waals surface area contributed by atoms with Crippen molar-refractivity contribution in [2.24, 2.45) is 0 Å². The quantitative estimate of drug-likeness (QED) is 0.809. The van der Waals surface area contributed by atoms with Crippen LogP contribution in [0.15, 0.2) is 41.0 Å². The van der Waals surface area contributed by atoms with E-state index >= 15 is 0 Å². The summed E-state index contributed by atoms with van der Waals surface area (Å²) in [4.78, 5) is 4.29. The van der Waals surface area contributed by atoms with E-state index in [1.165, 1.54) is 0 Å². The third-order valence-corrected chi connectivity index (χ3v) is 3.61. The van der Waals surface area contributed by atoms with E-state index in [1.54, 1.807) is 6.20 Å². The Morgan fingerprint density at radius 3 is 2.76 bits per heavy atom. The first-order valence-electron chi connectivity index (χ1n) is 6.79. The highest BCUT2D eigenvalue weighted by Gasteiger charge is 2.06. The minimum absolute atomic E-state index is 0.427. The number of hydrogen-bond donors (Lipinski definition) is 1. The Labute approximate surface area is 138 Å². The molecule has 1 heterocycles. The fourth-order valence-corrected chi connectivity index (χ4v) is 2.46. The molecule has 0 aliphatic heterocycles. The molecular formula is C16H18BrClN2O. The van der Waals surface area contributed by atoms with Crippen LogP contribution in [0.5, 0.6) is 5.88 Å². The Kier molecular flexibility index (Phi) is 6.03. The van der Waals surface area contributed by atoms with Crippen molar-refractivity contribution >= 4 is 27.5 Å². The van der Waals surface area contributed by atoms with E-state index in [2.05, 4.69) is 40.1 Å². The van der Waals surface area contributed by atoms with Crippen molar-refractivity contribution in [1.82, 2.24) is 10.3 Å².